The monoisotopic (exact) mass is 317 g/mol. The molecule has 0 atom stereocenters. The molecule has 0 saturated carbocycles. The molecule has 0 bridgehead atoms. The van der Waals surface area contributed by atoms with E-state index in [9.17, 15) is 0 Å². The molecule has 0 aliphatic rings. The number of hydrogen-bond donors (Lipinski definition) is 0. The largest absolute Gasteiger partial charge is 0.493 e. The molecule has 108 valence electrons. The molecule has 0 aliphatic carbocycles. The summed E-state index contributed by atoms with van der Waals surface area (Å²) in [5, 5.41) is 6.13. The second kappa shape index (κ2) is 7.33. The normalized spacial score (nSPS) is 10.7. The minimum Gasteiger partial charge on any atom is -0.493 e. The molecular formula is C16H15NO2S2. The fourth-order valence-corrected chi connectivity index (χ4v) is 3.19. The third kappa shape index (κ3) is 4.12. The molecule has 3 rings (SSSR count). The quantitative estimate of drug-likeness (QED) is 0.591. The van der Waals surface area contributed by atoms with Gasteiger partial charge in [-0.1, -0.05) is 29.4 Å². The smallest absolute Gasteiger partial charge is 0.177 e. The number of thiophene rings is 1. The van der Waals surface area contributed by atoms with Gasteiger partial charge in [-0.15, -0.1) is 11.3 Å². The number of benzene rings is 1. The molecular weight excluding hydrogens is 302 g/mol. The summed E-state index contributed by atoms with van der Waals surface area (Å²) in [6.45, 7) is 0.699. The number of thioether (sulfide) groups is 1. The summed E-state index contributed by atoms with van der Waals surface area (Å²) in [6.07, 6.45) is 0. The van der Waals surface area contributed by atoms with Gasteiger partial charge in [-0.25, -0.2) is 0 Å². The molecule has 2 heterocycles. The summed E-state index contributed by atoms with van der Waals surface area (Å²) in [7, 11) is 0. The lowest BCUT2D eigenvalue weighted by atomic mass is 10.3. The van der Waals surface area contributed by atoms with E-state index >= 15 is 0 Å². The summed E-state index contributed by atoms with van der Waals surface area (Å²) in [5.41, 5.74) is 0.975. The standard InChI is InChI=1S/C16H15NO2S2/c1-2-5-14(6-3-1)18-8-10-20-12-13-11-15(19-17-13)16-7-4-9-21-16/h1-7,9,11H,8,10,12H2. The molecule has 0 aliphatic heterocycles. The van der Waals surface area contributed by atoms with Crippen molar-refractivity contribution in [3.05, 3.63) is 59.6 Å². The molecule has 0 radical (unpaired) electrons. The average Bonchev–Trinajstić information content (AvgIpc) is 3.19. The summed E-state index contributed by atoms with van der Waals surface area (Å²) >= 11 is 3.45. The molecule has 0 spiro atoms. The van der Waals surface area contributed by atoms with E-state index in [1.165, 1.54) is 0 Å². The maximum absolute atomic E-state index is 5.65. The van der Waals surface area contributed by atoms with Gasteiger partial charge >= 0.3 is 0 Å². The highest BCUT2D eigenvalue weighted by atomic mass is 32.2. The highest BCUT2D eigenvalue weighted by Gasteiger charge is 2.07. The molecule has 0 amide bonds. The third-order valence-corrected chi connectivity index (χ3v) is 4.65. The number of para-hydroxylation sites is 1. The number of rotatable bonds is 7. The first-order chi connectivity index (χ1) is 10.4. The fourth-order valence-electron chi connectivity index (χ4n) is 1.83. The van der Waals surface area contributed by atoms with Crippen LogP contribution in [0.2, 0.25) is 0 Å². The first-order valence-corrected chi connectivity index (χ1v) is 8.70. The van der Waals surface area contributed by atoms with Crippen LogP contribution in [-0.4, -0.2) is 17.5 Å². The molecule has 0 fully saturated rings. The minimum atomic E-state index is 0.699. The van der Waals surface area contributed by atoms with Crippen LogP contribution in [0, 0.1) is 0 Å². The minimum absolute atomic E-state index is 0.699. The van der Waals surface area contributed by atoms with Gasteiger partial charge in [0.25, 0.3) is 0 Å². The van der Waals surface area contributed by atoms with Crippen LogP contribution < -0.4 is 4.74 Å². The van der Waals surface area contributed by atoms with E-state index in [-0.39, 0.29) is 0 Å². The first-order valence-electron chi connectivity index (χ1n) is 6.67. The Labute approximate surface area is 131 Å². The second-order valence-corrected chi connectivity index (χ2v) is 6.43. The van der Waals surface area contributed by atoms with Crippen LogP contribution in [0.15, 0.2) is 58.4 Å². The van der Waals surface area contributed by atoms with E-state index in [4.69, 9.17) is 9.26 Å². The van der Waals surface area contributed by atoms with E-state index < -0.39 is 0 Å². The summed E-state index contributed by atoms with van der Waals surface area (Å²) in [5.74, 6) is 3.53. The predicted molar refractivity (Wildman–Crippen MR) is 87.9 cm³/mol. The molecule has 5 heteroatoms. The Balaban J connectivity index is 1.40. The van der Waals surface area contributed by atoms with E-state index in [2.05, 4.69) is 5.16 Å². The Bertz CT molecular complexity index is 650. The lowest BCUT2D eigenvalue weighted by Gasteiger charge is -2.04. The Morgan fingerprint density at radius 2 is 2.05 bits per heavy atom. The third-order valence-electron chi connectivity index (χ3n) is 2.81. The van der Waals surface area contributed by atoms with Crippen molar-refractivity contribution >= 4 is 23.1 Å². The molecule has 21 heavy (non-hydrogen) atoms. The van der Waals surface area contributed by atoms with Crippen molar-refractivity contribution in [2.75, 3.05) is 12.4 Å². The molecule has 0 N–H and O–H groups in total. The van der Waals surface area contributed by atoms with E-state index in [1.54, 1.807) is 23.1 Å². The van der Waals surface area contributed by atoms with Crippen molar-refractivity contribution in [2.24, 2.45) is 0 Å². The van der Waals surface area contributed by atoms with Crippen LogP contribution in [-0.2, 0) is 5.75 Å². The van der Waals surface area contributed by atoms with Crippen LogP contribution in [0.5, 0.6) is 5.75 Å². The zero-order valence-corrected chi connectivity index (χ0v) is 13.0. The van der Waals surface area contributed by atoms with Crippen molar-refractivity contribution in [1.82, 2.24) is 5.16 Å². The zero-order chi connectivity index (χ0) is 14.3. The number of ether oxygens (including phenoxy) is 1. The van der Waals surface area contributed by atoms with Crippen molar-refractivity contribution in [3.8, 4) is 16.4 Å². The maximum atomic E-state index is 5.65. The molecule has 0 saturated heterocycles. The van der Waals surface area contributed by atoms with Gasteiger partial charge in [-0.2, -0.15) is 11.8 Å². The Hall–Kier alpha value is -1.72. The Kier molecular flexibility index (Phi) is 4.97. The topological polar surface area (TPSA) is 35.3 Å². The number of aromatic nitrogens is 1. The van der Waals surface area contributed by atoms with Gasteiger partial charge in [0.1, 0.15) is 5.75 Å². The summed E-state index contributed by atoms with van der Waals surface area (Å²) in [6, 6.07) is 15.9. The Morgan fingerprint density at radius 1 is 1.14 bits per heavy atom. The molecule has 3 aromatic rings. The van der Waals surface area contributed by atoms with E-state index in [0.717, 1.165) is 33.6 Å². The number of nitrogens with zero attached hydrogens (tertiary/aromatic N) is 1. The van der Waals surface area contributed by atoms with Crippen molar-refractivity contribution in [1.29, 1.82) is 0 Å². The molecule has 2 aromatic heterocycles. The first kappa shape index (κ1) is 14.2. The lowest BCUT2D eigenvalue weighted by molar-refractivity contribution is 0.344. The van der Waals surface area contributed by atoms with Gasteiger partial charge in [0.05, 0.1) is 17.2 Å². The van der Waals surface area contributed by atoms with Gasteiger partial charge in [0.2, 0.25) is 0 Å². The van der Waals surface area contributed by atoms with Crippen LogP contribution >= 0.6 is 23.1 Å². The van der Waals surface area contributed by atoms with Gasteiger partial charge < -0.3 is 9.26 Å². The van der Waals surface area contributed by atoms with Gasteiger partial charge in [-0.05, 0) is 23.6 Å². The summed E-state index contributed by atoms with van der Waals surface area (Å²) in [4.78, 5) is 1.12. The van der Waals surface area contributed by atoms with Crippen molar-refractivity contribution < 1.29 is 9.26 Å². The van der Waals surface area contributed by atoms with E-state index in [1.807, 2.05) is 53.9 Å². The molecule has 1 aromatic carbocycles. The van der Waals surface area contributed by atoms with Crippen molar-refractivity contribution in [3.63, 3.8) is 0 Å². The Morgan fingerprint density at radius 3 is 2.86 bits per heavy atom. The SMILES string of the molecule is c1ccc(OCCSCc2cc(-c3cccs3)on2)cc1. The fraction of sp³-hybridized carbons (Fsp3) is 0.188. The second-order valence-electron chi connectivity index (χ2n) is 4.37. The maximum Gasteiger partial charge on any atom is 0.177 e. The molecule has 0 unspecified atom stereocenters. The highest BCUT2D eigenvalue weighted by molar-refractivity contribution is 7.98. The van der Waals surface area contributed by atoms with Gasteiger partial charge in [-0.3, -0.25) is 0 Å². The van der Waals surface area contributed by atoms with Crippen LogP contribution in [0.25, 0.3) is 10.6 Å². The highest BCUT2D eigenvalue weighted by Crippen LogP contribution is 2.26. The van der Waals surface area contributed by atoms with Crippen LogP contribution in [0.1, 0.15) is 5.69 Å². The van der Waals surface area contributed by atoms with Gasteiger partial charge in [0.15, 0.2) is 5.76 Å². The average molecular weight is 317 g/mol. The van der Waals surface area contributed by atoms with Crippen LogP contribution in [0.4, 0.5) is 0 Å². The number of hydrogen-bond acceptors (Lipinski definition) is 5. The summed E-state index contributed by atoms with van der Waals surface area (Å²) < 4.78 is 11.0. The zero-order valence-electron chi connectivity index (χ0n) is 11.4. The van der Waals surface area contributed by atoms with Crippen molar-refractivity contribution in [2.45, 2.75) is 5.75 Å². The lowest BCUT2D eigenvalue weighted by Crippen LogP contribution is -2.00. The van der Waals surface area contributed by atoms with E-state index in [0.29, 0.717) is 6.61 Å². The van der Waals surface area contributed by atoms with Gasteiger partial charge in [0, 0.05) is 17.6 Å². The van der Waals surface area contributed by atoms with Crippen LogP contribution in [0.3, 0.4) is 0 Å². The predicted octanol–water partition coefficient (Wildman–Crippen LogP) is 4.72. The molecule has 3 nitrogen and oxygen atoms in total.